The van der Waals surface area contributed by atoms with E-state index in [-0.39, 0.29) is 45.6 Å². The van der Waals surface area contributed by atoms with E-state index in [9.17, 15) is 45.2 Å². The number of ether oxygens (including phenoxy) is 1. The zero-order valence-electron chi connectivity index (χ0n) is 23.7. The number of hydrogen-bond acceptors (Lipinski definition) is 11. The largest absolute Gasteiger partial charge is 0.578 e. The fourth-order valence-corrected chi connectivity index (χ4v) is 5.47. The van der Waals surface area contributed by atoms with E-state index in [0.29, 0.717) is 6.42 Å². The number of rotatable bonds is 6. The molecule has 2 heterocycles. The van der Waals surface area contributed by atoms with Crippen molar-refractivity contribution in [1.82, 2.24) is 5.06 Å². The number of aliphatic hydroxyl groups excluding tert-OH is 3. The van der Waals surface area contributed by atoms with Crippen LogP contribution in [-0.4, -0.2) is 58.7 Å². The van der Waals surface area contributed by atoms with Crippen molar-refractivity contribution in [2.24, 2.45) is 11.8 Å². The molecule has 0 spiro atoms. The molecule has 5 N–H and O–H groups in total. The molecule has 3 aliphatic rings. The third kappa shape index (κ3) is 4.00. The lowest BCUT2D eigenvalue weighted by molar-refractivity contribution is -1.08. The van der Waals surface area contributed by atoms with Crippen LogP contribution in [0.1, 0.15) is 51.7 Å². The Morgan fingerprint density at radius 3 is 1.98 bits per heavy atom. The Morgan fingerprint density at radius 1 is 0.860 bits per heavy atom. The average Bonchev–Trinajstić information content (AvgIpc) is 2.99. The van der Waals surface area contributed by atoms with Crippen LogP contribution < -0.4 is 9.57 Å². The summed E-state index contributed by atoms with van der Waals surface area (Å²) >= 11 is 0. The van der Waals surface area contributed by atoms with Gasteiger partial charge in [-0.05, 0) is 54.3 Å². The number of amides is 1. The summed E-state index contributed by atoms with van der Waals surface area (Å²) in [7, 11) is 0. The maximum absolute atomic E-state index is 14.4. The van der Waals surface area contributed by atoms with Crippen LogP contribution in [0.3, 0.4) is 0 Å². The first-order valence-corrected chi connectivity index (χ1v) is 13.6. The highest BCUT2D eigenvalue weighted by Gasteiger charge is 2.72. The van der Waals surface area contributed by atoms with Crippen LogP contribution >= 0.6 is 0 Å². The van der Waals surface area contributed by atoms with E-state index in [2.05, 4.69) is 0 Å². The number of phenolic OH excluding ortho intramolecular Hbond substituents is 1. The summed E-state index contributed by atoms with van der Waals surface area (Å²) in [5.74, 6) is -8.45. The topological polar surface area (TPSA) is 197 Å². The summed E-state index contributed by atoms with van der Waals surface area (Å²) in [6, 6.07) is 8.61. The van der Waals surface area contributed by atoms with Gasteiger partial charge in [0.15, 0.2) is 23.0 Å². The quantitative estimate of drug-likeness (QED) is 0.136. The highest BCUT2D eigenvalue weighted by molar-refractivity contribution is 6.46. The summed E-state index contributed by atoms with van der Waals surface area (Å²) in [5.41, 5.74) is -3.99. The second-order valence-corrected chi connectivity index (χ2v) is 10.7. The molecule has 2 aliphatic heterocycles. The number of hydroxylamine groups is 6. The lowest BCUT2D eigenvalue weighted by Crippen LogP contribution is -2.78. The van der Waals surface area contributed by atoms with Gasteiger partial charge in [0.2, 0.25) is 17.3 Å². The molecule has 0 bridgehead atoms. The fraction of sp³-hybridized carbons (Fsp3) is 0.300. The summed E-state index contributed by atoms with van der Waals surface area (Å²) in [5, 5.41) is 67.7. The van der Waals surface area contributed by atoms with Crippen molar-refractivity contribution in [3.05, 3.63) is 81.9 Å². The molecule has 0 unspecified atom stereocenters. The van der Waals surface area contributed by atoms with Gasteiger partial charge in [-0.3, -0.25) is 24.4 Å². The van der Waals surface area contributed by atoms with Crippen molar-refractivity contribution in [3.8, 4) is 17.2 Å². The molecular formula is C30H30N2O11. The Hall–Kier alpha value is -4.85. The monoisotopic (exact) mass is 594 g/mol. The number of phenols is 1. The van der Waals surface area contributed by atoms with Gasteiger partial charge in [0.05, 0.1) is 17.1 Å². The number of benzene rings is 2. The van der Waals surface area contributed by atoms with Gasteiger partial charge >= 0.3 is 17.5 Å². The van der Waals surface area contributed by atoms with Crippen LogP contribution in [0.4, 0.5) is 0 Å². The van der Waals surface area contributed by atoms with Gasteiger partial charge in [-0.25, -0.2) is 0 Å². The Bertz CT molecular complexity index is 1660. The number of carbonyl (C=O) groups is 3. The molecule has 0 saturated carbocycles. The van der Waals surface area contributed by atoms with Crippen molar-refractivity contribution in [2.45, 2.75) is 46.3 Å². The molecule has 226 valence electrons. The molecule has 0 fully saturated rings. The molecule has 13 nitrogen and oxygen atoms in total. The van der Waals surface area contributed by atoms with Crippen LogP contribution in [0.15, 0.2) is 65.6 Å². The first-order valence-electron chi connectivity index (χ1n) is 13.6. The second-order valence-electron chi connectivity index (χ2n) is 10.7. The zero-order chi connectivity index (χ0) is 31.6. The van der Waals surface area contributed by atoms with Gasteiger partial charge in [0.25, 0.3) is 0 Å². The van der Waals surface area contributed by atoms with Gasteiger partial charge < -0.3 is 30.4 Å². The molecule has 1 amide bonds. The zero-order valence-corrected chi connectivity index (χ0v) is 23.7. The van der Waals surface area contributed by atoms with Gasteiger partial charge in [-0.1, -0.05) is 44.6 Å². The number of hydrogen-bond donors (Lipinski definition) is 5. The van der Waals surface area contributed by atoms with E-state index in [1.807, 2.05) is 0 Å². The number of aliphatic hydroxyl groups is 3. The minimum Gasteiger partial charge on any atom is -0.578 e. The number of Topliss-reactive ketones (excluding diaryl/α,β-unsaturated/α-hetero) is 2. The van der Waals surface area contributed by atoms with Crippen molar-refractivity contribution < 1.29 is 54.4 Å². The van der Waals surface area contributed by atoms with E-state index in [0.717, 1.165) is 6.07 Å². The van der Waals surface area contributed by atoms with E-state index in [1.54, 1.807) is 20.8 Å². The molecule has 0 radical (unpaired) electrons. The lowest BCUT2D eigenvalue weighted by Gasteiger charge is -2.56. The van der Waals surface area contributed by atoms with E-state index < -0.39 is 68.4 Å². The molecule has 43 heavy (non-hydrogen) atoms. The summed E-state index contributed by atoms with van der Waals surface area (Å²) < 4.78 is 6.04. The molecule has 5 rings (SSSR count). The number of fused-ring (bicyclic) bond motifs is 2. The highest BCUT2D eigenvalue weighted by atomic mass is 17.0. The molecule has 2 aromatic rings. The van der Waals surface area contributed by atoms with Crippen LogP contribution in [-0.2, 0) is 14.4 Å². The highest BCUT2D eigenvalue weighted by Crippen LogP contribution is 2.52. The number of ketones is 2. The molecular weight excluding hydrogens is 564 g/mol. The fourth-order valence-electron chi connectivity index (χ4n) is 5.47. The van der Waals surface area contributed by atoms with Crippen LogP contribution in [0.25, 0.3) is 11.1 Å². The van der Waals surface area contributed by atoms with Crippen molar-refractivity contribution in [1.29, 1.82) is 0 Å². The van der Waals surface area contributed by atoms with Gasteiger partial charge in [-0.2, -0.15) is 5.06 Å². The molecule has 0 saturated heterocycles. The minimum absolute atomic E-state index is 0.0791. The maximum Gasteiger partial charge on any atom is 0.374 e. The van der Waals surface area contributed by atoms with Crippen molar-refractivity contribution >= 4 is 28.6 Å². The van der Waals surface area contributed by atoms with Crippen molar-refractivity contribution in [3.63, 3.8) is 0 Å². The number of quaternary nitrogens is 1. The predicted octanol–water partition coefficient (Wildman–Crippen LogP) is 4.53. The first-order chi connectivity index (χ1) is 20.2. The summed E-state index contributed by atoms with van der Waals surface area (Å²) in [4.78, 5) is 43.8. The van der Waals surface area contributed by atoms with Crippen LogP contribution in [0, 0.1) is 17.0 Å². The smallest absolute Gasteiger partial charge is 0.374 e. The van der Waals surface area contributed by atoms with E-state index in [4.69, 9.17) is 9.57 Å². The predicted molar refractivity (Wildman–Crippen MR) is 148 cm³/mol. The van der Waals surface area contributed by atoms with Gasteiger partial charge in [-0.15, -0.1) is 0 Å². The molecule has 4 atom stereocenters. The molecule has 13 heteroatoms. The Morgan fingerprint density at radius 2 is 1.42 bits per heavy atom. The number of carbonyl (C=O) groups excluding carboxylic acids is 3. The lowest BCUT2D eigenvalue weighted by atomic mass is 9.86. The third-order valence-electron chi connectivity index (χ3n) is 8.27. The SMILES string of the molecule is CC[C@@H](C)[C@]12Oc3cc(C4=C(O)C(=O)C(c5ccc(O)cc5)=C(O)C4=O)ccc3O[N@@+]1([O-])C(O)=C([C@@H](C)CC)N(O)C2=O. The van der Waals surface area contributed by atoms with E-state index >= 15 is 0 Å². The van der Waals surface area contributed by atoms with Crippen LogP contribution in [0.2, 0.25) is 0 Å². The average molecular weight is 595 g/mol. The van der Waals surface area contributed by atoms with Gasteiger partial charge in [0, 0.05) is 5.92 Å². The Labute approximate surface area is 245 Å². The van der Waals surface area contributed by atoms with E-state index in [1.165, 1.54) is 43.3 Å². The molecule has 0 aromatic heterocycles. The maximum atomic E-state index is 14.4. The summed E-state index contributed by atoms with van der Waals surface area (Å²) in [6.07, 6.45) is 0.533. The number of allylic oxidation sites excluding steroid dienone is 3. The standard InChI is InChI=1S/C30H30N2O11/c1-5-14(3)23-28(38)32(41)30(15(4)6-2,29(39)31(23)40)42-20-13-17(9-12-19(20)43-32)22-26(36)24(34)21(25(35)27(22)37)16-7-10-18(33)11-8-16/h7-15,33-34,37-38,40H,5-6H2,1-4H3/t14-,15+,30+,32-/m0/s1. The third-order valence-corrected chi connectivity index (χ3v) is 8.27. The Kier molecular flexibility index (Phi) is 7.00. The normalized spacial score (nSPS) is 25.3. The number of aromatic hydroxyl groups is 1. The molecule has 2 aromatic carbocycles. The first kappa shape index (κ1) is 29.6. The van der Waals surface area contributed by atoms with Crippen molar-refractivity contribution in [2.75, 3.05) is 0 Å². The number of nitrogens with zero attached hydrogens (tertiary/aromatic N) is 2. The summed E-state index contributed by atoms with van der Waals surface area (Å²) in [6.45, 7) is 6.51. The molecule has 1 aliphatic carbocycles. The van der Waals surface area contributed by atoms with Gasteiger partial charge in [0.1, 0.15) is 5.75 Å². The van der Waals surface area contributed by atoms with Crippen LogP contribution in [0.5, 0.6) is 17.2 Å². The minimum atomic E-state index is -2.56. The second kappa shape index (κ2) is 10.2. The Balaban J connectivity index is 1.64.